The van der Waals surface area contributed by atoms with Crippen molar-refractivity contribution in [3.8, 4) is 0 Å². The van der Waals surface area contributed by atoms with E-state index in [4.69, 9.17) is 5.11 Å². The first kappa shape index (κ1) is 15.0. The van der Waals surface area contributed by atoms with Gasteiger partial charge in [-0.05, 0) is 18.1 Å². The molecule has 0 saturated carbocycles. The zero-order valence-electron chi connectivity index (χ0n) is 9.99. The van der Waals surface area contributed by atoms with E-state index in [1.165, 1.54) is 25.1 Å². The Balaban J connectivity index is 2.73. The van der Waals surface area contributed by atoms with E-state index in [9.17, 15) is 22.8 Å². The van der Waals surface area contributed by atoms with Crippen LogP contribution in [0.2, 0.25) is 0 Å². The van der Waals surface area contributed by atoms with Crippen LogP contribution in [0.3, 0.4) is 0 Å². The van der Waals surface area contributed by atoms with Crippen LogP contribution in [0.5, 0.6) is 0 Å². The quantitative estimate of drug-likeness (QED) is 0.883. The third-order valence-electron chi connectivity index (χ3n) is 2.53. The number of benzene rings is 1. The van der Waals surface area contributed by atoms with Crippen molar-refractivity contribution in [1.82, 2.24) is 5.32 Å². The summed E-state index contributed by atoms with van der Waals surface area (Å²) in [7, 11) is 0. The number of nitrogens with one attached hydrogen (secondary N) is 1. The van der Waals surface area contributed by atoms with E-state index >= 15 is 0 Å². The Morgan fingerprint density at radius 1 is 1.37 bits per heavy atom. The molecule has 0 aliphatic heterocycles. The van der Waals surface area contributed by atoms with Gasteiger partial charge in [0, 0.05) is 6.54 Å². The molecule has 0 aliphatic carbocycles. The van der Waals surface area contributed by atoms with Gasteiger partial charge in [-0.25, -0.2) is 0 Å². The van der Waals surface area contributed by atoms with E-state index < -0.39 is 24.0 Å². The van der Waals surface area contributed by atoms with Gasteiger partial charge >= 0.3 is 18.1 Å². The van der Waals surface area contributed by atoms with Gasteiger partial charge in [-0.2, -0.15) is 13.2 Å². The van der Waals surface area contributed by atoms with Crippen molar-refractivity contribution >= 4 is 11.9 Å². The first-order valence-electron chi connectivity index (χ1n) is 5.38. The highest BCUT2D eigenvalue weighted by atomic mass is 19.4. The Labute approximate surface area is 107 Å². The molecule has 0 fully saturated rings. The highest BCUT2D eigenvalue weighted by Gasteiger charge is 2.38. The average molecular weight is 275 g/mol. The van der Waals surface area contributed by atoms with Gasteiger partial charge in [0.25, 0.3) is 0 Å². The summed E-state index contributed by atoms with van der Waals surface area (Å²) in [5.41, 5.74) is 0.870. The maximum absolute atomic E-state index is 12.0. The van der Waals surface area contributed by atoms with Crippen LogP contribution < -0.4 is 5.32 Å². The molecule has 0 aliphatic rings. The number of alkyl halides is 3. The van der Waals surface area contributed by atoms with Gasteiger partial charge in [0.1, 0.15) is 0 Å². The van der Waals surface area contributed by atoms with Crippen LogP contribution in [-0.2, 0) is 16.1 Å². The summed E-state index contributed by atoms with van der Waals surface area (Å²) in [6, 6.07) is 6.06. The molecule has 7 heteroatoms. The van der Waals surface area contributed by atoms with Gasteiger partial charge in [0.15, 0.2) is 0 Å². The number of carboxylic acid groups (broad SMARTS) is 1. The summed E-state index contributed by atoms with van der Waals surface area (Å²) in [6.07, 6.45) is -4.92. The molecule has 1 unspecified atom stereocenters. The molecule has 104 valence electrons. The highest BCUT2D eigenvalue weighted by molar-refractivity contribution is 5.81. The van der Waals surface area contributed by atoms with Crippen LogP contribution in [-0.4, -0.2) is 23.2 Å². The zero-order valence-corrected chi connectivity index (χ0v) is 9.99. The Kier molecular flexibility index (Phi) is 4.52. The Morgan fingerprint density at radius 2 is 2.00 bits per heavy atom. The number of amides is 1. The van der Waals surface area contributed by atoms with E-state index in [1.54, 1.807) is 11.4 Å². The van der Waals surface area contributed by atoms with Gasteiger partial charge in [0.05, 0.1) is 5.92 Å². The predicted molar refractivity (Wildman–Crippen MR) is 60.4 cm³/mol. The monoisotopic (exact) mass is 275 g/mol. The van der Waals surface area contributed by atoms with Crippen molar-refractivity contribution in [2.75, 3.05) is 0 Å². The summed E-state index contributed by atoms with van der Waals surface area (Å²) in [5.74, 6) is -3.82. The number of carbonyl (C=O) groups excluding carboxylic acids is 1. The maximum Gasteiger partial charge on any atom is 0.471 e. The van der Waals surface area contributed by atoms with Gasteiger partial charge < -0.3 is 10.4 Å². The number of rotatable bonds is 4. The fourth-order valence-corrected chi connectivity index (χ4v) is 1.40. The smallest absolute Gasteiger partial charge is 0.471 e. The minimum absolute atomic E-state index is 0.307. The van der Waals surface area contributed by atoms with Crippen LogP contribution >= 0.6 is 0 Å². The van der Waals surface area contributed by atoms with E-state index in [0.717, 1.165) is 0 Å². The molecule has 0 radical (unpaired) electrons. The fraction of sp³-hybridized carbons (Fsp3) is 0.333. The fourth-order valence-electron chi connectivity index (χ4n) is 1.40. The zero-order chi connectivity index (χ0) is 14.6. The van der Waals surface area contributed by atoms with Crippen LogP contribution in [0.4, 0.5) is 13.2 Å². The molecule has 4 nitrogen and oxygen atoms in total. The van der Waals surface area contributed by atoms with Crippen molar-refractivity contribution in [3.05, 3.63) is 35.4 Å². The lowest BCUT2D eigenvalue weighted by Crippen LogP contribution is -2.36. The van der Waals surface area contributed by atoms with Crippen molar-refractivity contribution in [2.45, 2.75) is 25.6 Å². The summed E-state index contributed by atoms with van der Waals surface area (Å²) in [6.45, 7) is 1.16. The summed E-state index contributed by atoms with van der Waals surface area (Å²) in [5, 5.41) is 10.6. The van der Waals surface area contributed by atoms with E-state index in [2.05, 4.69) is 0 Å². The standard InChI is InChI=1S/C12H12F3NO3/c1-7(10(17)18)9-4-2-3-8(5-9)6-16-11(19)12(13,14)15/h2-5,7H,6H2,1H3,(H,16,19)(H,17,18). The molecule has 0 bridgehead atoms. The van der Waals surface area contributed by atoms with Crippen LogP contribution in [0.1, 0.15) is 24.0 Å². The predicted octanol–water partition coefficient (Wildman–Crippen LogP) is 2.05. The lowest BCUT2D eigenvalue weighted by atomic mass is 9.99. The van der Waals surface area contributed by atoms with Crippen molar-refractivity contribution < 1.29 is 27.9 Å². The topological polar surface area (TPSA) is 66.4 Å². The Hall–Kier alpha value is -2.05. The third kappa shape index (κ3) is 4.27. The lowest BCUT2D eigenvalue weighted by Gasteiger charge is -2.10. The van der Waals surface area contributed by atoms with Crippen molar-refractivity contribution in [1.29, 1.82) is 0 Å². The molecule has 1 atom stereocenters. The van der Waals surface area contributed by atoms with Gasteiger partial charge in [-0.15, -0.1) is 0 Å². The number of halogens is 3. The largest absolute Gasteiger partial charge is 0.481 e. The Morgan fingerprint density at radius 3 is 2.53 bits per heavy atom. The average Bonchev–Trinajstić information content (AvgIpc) is 2.34. The van der Waals surface area contributed by atoms with E-state index in [0.29, 0.717) is 11.1 Å². The molecule has 19 heavy (non-hydrogen) atoms. The molecule has 0 aromatic heterocycles. The molecule has 0 heterocycles. The molecular weight excluding hydrogens is 263 g/mol. The van der Waals surface area contributed by atoms with Crippen molar-refractivity contribution in [2.24, 2.45) is 0 Å². The van der Waals surface area contributed by atoms with Gasteiger partial charge in [0.2, 0.25) is 0 Å². The third-order valence-corrected chi connectivity index (χ3v) is 2.53. The van der Waals surface area contributed by atoms with Crippen LogP contribution in [0.25, 0.3) is 0 Å². The second-order valence-electron chi connectivity index (χ2n) is 3.99. The Bertz CT molecular complexity index is 485. The normalized spacial score (nSPS) is 12.8. The maximum atomic E-state index is 12.0. The van der Waals surface area contributed by atoms with Crippen molar-refractivity contribution in [3.63, 3.8) is 0 Å². The molecule has 1 aromatic carbocycles. The highest BCUT2D eigenvalue weighted by Crippen LogP contribution is 2.18. The molecule has 2 N–H and O–H groups in total. The molecule has 0 saturated heterocycles. The first-order chi connectivity index (χ1) is 8.71. The van der Waals surface area contributed by atoms with E-state index in [-0.39, 0.29) is 6.54 Å². The minimum Gasteiger partial charge on any atom is -0.481 e. The minimum atomic E-state index is -4.92. The van der Waals surface area contributed by atoms with Crippen LogP contribution in [0.15, 0.2) is 24.3 Å². The second-order valence-corrected chi connectivity index (χ2v) is 3.99. The molecular formula is C12H12F3NO3. The number of aliphatic carboxylic acids is 1. The molecule has 1 amide bonds. The number of hydrogen-bond donors (Lipinski definition) is 2. The molecule has 1 rings (SSSR count). The number of hydrogen-bond acceptors (Lipinski definition) is 2. The number of carboxylic acids is 1. The summed E-state index contributed by atoms with van der Waals surface area (Å²) in [4.78, 5) is 21.4. The number of carbonyl (C=O) groups is 2. The van der Waals surface area contributed by atoms with Crippen LogP contribution in [0, 0.1) is 0 Å². The van der Waals surface area contributed by atoms with E-state index in [1.807, 2.05) is 0 Å². The second kappa shape index (κ2) is 5.73. The van der Waals surface area contributed by atoms with Gasteiger partial charge in [-0.1, -0.05) is 24.3 Å². The molecule has 1 aromatic rings. The SMILES string of the molecule is CC(C(=O)O)c1cccc(CNC(=O)C(F)(F)F)c1. The van der Waals surface area contributed by atoms with Gasteiger partial charge in [-0.3, -0.25) is 9.59 Å². The summed E-state index contributed by atoms with van der Waals surface area (Å²) < 4.78 is 35.9. The first-order valence-corrected chi connectivity index (χ1v) is 5.38. The lowest BCUT2D eigenvalue weighted by molar-refractivity contribution is -0.173. The summed E-state index contributed by atoms with van der Waals surface area (Å²) >= 11 is 0. The molecule has 0 spiro atoms.